The Morgan fingerprint density at radius 1 is 1.30 bits per heavy atom. The number of aromatic amines is 1. The molecule has 0 saturated carbocycles. The predicted octanol–water partition coefficient (Wildman–Crippen LogP) is 0.850. The van der Waals surface area contributed by atoms with Crippen molar-refractivity contribution in [3.8, 4) is 0 Å². The Kier molecular flexibility index (Phi) is 6.31. The fraction of sp³-hybridized carbons (Fsp3) is 0.412. The highest BCUT2D eigenvalue weighted by Gasteiger charge is 2.19. The third-order valence-electron chi connectivity index (χ3n) is 3.91. The van der Waals surface area contributed by atoms with Crippen LogP contribution in [0.2, 0.25) is 0 Å². The summed E-state index contributed by atoms with van der Waals surface area (Å²) < 4.78 is 0. The highest BCUT2D eigenvalue weighted by atomic mass is 16.2. The zero-order valence-corrected chi connectivity index (χ0v) is 13.1. The lowest BCUT2D eigenvalue weighted by Crippen LogP contribution is -2.47. The fourth-order valence-corrected chi connectivity index (χ4v) is 2.60. The third kappa shape index (κ3) is 4.64. The molecule has 6 nitrogen and oxygen atoms in total. The van der Waals surface area contributed by atoms with Gasteiger partial charge in [-0.05, 0) is 43.9 Å². The highest BCUT2D eigenvalue weighted by molar-refractivity contribution is 5.87. The van der Waals surface area contributed by atoms with Crippen LogP contribution in [0.5, 0.6) is 0 Å². The van der Waals surface area contributed by atoms with Crippen molar-refractivity contribution in [1.29, 1.82) is 0 Å². The number of hydrogen-bond acceptors (Lipinski definition) is 4. The molecule has 23 heavy (non-hydrogen) atoms. The molecule has 2 atom stereocenters. The van der Waals surface area contributed by atoms with Gasteiger partial charge in [-0.2, -0.15) is 0 Å². The summed E-state index contributed by atoms with van der Waals surface area (Å²) in [6, 6.07) is 6.68. The van der Waals surface area contributed by atoms with Crippen LogP contribution in [-0.2, 0) is 16.0 Å². The summed E-state index contributed by atoms with van der Waals surface area (Å²) >= 11 is 0. The van der Waals surface area contributed by atoms with Crippen molar-refractivity contribution in [3.63, 3.8) is 0 Å². The lowest BCUT2D eigenvalue weighted by atomic mass is 10.0. The maximum Gasteiger partial charge on any atom is 0.237 e. The average Bonchev–Trinajstić information content (AvgIpc) is 2.97. The van der Waals surface area contributed by atoms with E-state index in [-0.39, 0.29) is 5.91 Å². The summed E-state index contributed by atoms with van der Waals surface area (Å²) in [6.45, 7) is 0.583. The van der Waals surface area contributed by atoms with Crippen molar-refractivity contribution in [2.75, 3.05) is 6.54 Å². The van der Waals surface area contributed by atoms with Crippen molar-refractivity contribution in [2.24, 2.45) is 11.5 Å². The molecule has 1 aromatic heterocycles. The molecule has 0 aliphatic heterocycles. The maximum atomic E-state index is 12.2. The van der Waals surface area contributed by atoms with Crippen LogP contribution in [0.15, 0.2) is 30.5 Å². The van der Waals surface area contributed by atoms with Gasteiger partial charge in [0.2, 0.25) is 5.91 Å². The molecule has 0 bridgehead atoms. The Morgan fingerprint density at radius 2 is 2.09 bits per heavy atom. The minimum Gasteiger partial charge on any atom is -0.361 e. The van der Waals surface area contributed by atoms with Gasteiger partial charge in [-0.25, -0.2) is 0 Å². The first kappa shape index (κ1) is 17.2. The molecule has 6 heteroatoms. The first-order valence-corrected chi connectivity index (χ1v) is 7.92. The number of nitrogens with one attached hydrogen (secondary N) is 2. The number of carbonyl (C=O) groups excluding carboxylic acids is 2. The van der Waals surface area contributed by atoms with Gasteiger partial charge in [0.1, 0.15) is 6.29 Å². The fourth-order valence-electron chi connectivity index (χ4n) is 2.60. The SMILES string of the molecule is NCCCC[C@@H](C=O)NC(=O)C(N)Cc1c[nH]c2ccccc12. The first-order chi connectivity index (χ1) is 11.2. The number of fused-ring (bicyclic) bond motifs is 1. The van der Waals surface area contributed by atoms with Gasteiger partial charge in [-0.1, -0.05) is 18.2 Å². The van der Waals surface area contributed by atoms with Crippen LogP contribution in [-0.4, -0.2) is 35.8 Å². The number of hydrogen-bond donors (Lipinski definition) is 4. The number of amides is 1. The van der Waals surface area contributed by atoms with Gasteiger partial charge < -0.3 is 26.6 Å². The summed E-state index contributed by atoms with van der Waals surface area (Å²) in [5.41, 5.74) is 13.4. The van der Waals surface area contributed by atoms with Crippen LogP contribution < -0.4 is 16.8 Å². The number of aromatic nitrogens is 1. The second kappa shape index (κ2) is 8.45. The van der Waals surface area contributed by atoms with Gasteiger partial charge in [0.25, 0.3) is 0 Å². The Balaban J connectivity index is 1.92. The molecular formula is C17H24N4O2. The normalized spacial score (nSPS) is 13.7. The molecule has 124 valence electrons. The van der Waals surface area contributed by atoms with Crippen LogP contribution in [0.4, 0.5) is 0 Å². The van der Waals surface area contributed by atoms with E-state index in [1.807, 2.05) is 30.5 Å². The number of H-pyrrole nitrogens is 1. The minimum absolute atomic E-state index is 0.305. The summed E-state index contributed by atoms with van der Waals surface area (Å²) in [6.07, 6.45) is 5.28. The lowest BCUT2D eigenvalue weighted by Gasteiger charge is -2.16. The molecule has 2 rings (SSSR count). The van der Waals surface area contributed by atoms with E-state index in [0.29, 0.717) is 19.4 Å². The molecule has 1 unspecified atom stereocenters. The molecule has 0 radical (unpaired) electrons. The topological polar surface area (TPSA) is 114 Å². The molecule has 0 saturated heterocycles. The summed E-state index contributed by atoms with van der Waals surface area (Å²) in [5.74, 6) is -0.305. The van der Waals surface area contributed by atoms with Crippen molar-refractivity contribution >= 4 is 23.1 Å². The second-order valence-corrected chi connectivity index (χ2v) is 5.71. The van der Waals surface area contributed by atoms with E-state index in [4.69, 9.17) is 11.5 Å². The number of carbonyl (C=O) groups is 2. The van der Waals surface area contributed by atoms with E-state index in [1.165, 1.54) is 0 Å². The van der Waals surface area contributed by atoms with Crippen LogP contribution in [0.1, 0.15) is 24.8 Å². The number of nitrogens with two attached hydrogens (primary N) is 2. The van der Waals surface area contributed by atoms with Gasteiger partial charge >= 0.3 is 0 Å². The molecule has 1 amide bonds. The number of unbranched alkanes of at least 4 members (excludes halogenated alkanes) is 1. The van der Waals surface area contributed by atoms with E-state index in [9.17, 15) is 9.59 Å². The number of para-hydroxylation sites is 1. The Hall–Kier alpha value is -2.18. The maximum absolute atomic E-state index is 12.2. The average molecular weight is 316 g/mol. The van der Waals surface area contributed by atoms with E-state index < -0.39 is 12.1 Å². The summed E-state index contributed by atoms with van der Waals surface area (Å²) in [5, 5.41) is 3.76. The van der Waals surface area contributed by atoms with Gasteiger partial charge in [-0.3, -0.25) is 4.79 Å². The monoisotopic (exact) mass is 316 g/mol. The van der Waals surface area contributed by atoms with Crippen molar-refractivity contribution in [1.82, 2.24) is 10.3 Å². The minimum atomic E-state index is -0.689. The lowest BCUT2D eigenvalue weighted by molar-refractivity contribution is -0.125. The van der Waals surface area contributed by atoms with Crippen molar-refractivity contribution in [3.05, 3.63) is 36.0 Å². The number of rotatable bonds is 9. The van der Waals surface area contributed by atoms with Crippen LogP contribution in [0, 0.1) is 0 Å². The Bertz CT molecular complexity index is 653. The molecule has 0 aliphatic carbocycles. The predicted molar refractivity (Wildman–Crippen MR) is 90.9 cm³/mol. The Labute approximate surface area is 135 Å². The molecule has 1 heterocycles. The molecule has 2 aromatic rings. The van der Waals surface area contributed by atoms with Crippen LogP contribution >= 0.6 is 0 Å². The van der Waals surface area contributed by atoms with E-state index in [2.05, 4.69) is 10.3 Å². The summed E-state index contributed by atoms with van der Waals surface area (Å²) in [4.78, 5) is 26.4. The van der Waals surface area contributed by atoms with E-state index in [1.54, 1.807) is 0 Å². The molecule has 0 spiro atoms. The second-order valence-electron chi connectivity index (χ2n) is 5.71. The van der Waals surface area contributed by atoms with Gasteiger partial charge in [0.15, 0.2) is 0 Å². The standard InChI is InChI=1S/C17H24N4O2/c18-8-4-3-5-13(11-22)21-17(23)15(19)9-12-10-20-16-7-2-1-6-14(12)16/h1-2,6-7,10-11,13,15,20H,3-5,8-9,18-19H2,(H,21,23)/t13-,15?/m0/s1. The smallest absolute Gasteiger partial charge is 0.237 e. The molecular weight excluding hydrogens is 292 g/mol. The van der Waals surface area contributed by atoms with E-state index in [0.717, 1.165) is 35.6 Å². The zero-order chi connectivity index (χ0) is 16.7. The van der Waals surface area contributed by atoms with Crippen LogP contribution in [0.3, 0.4) is 0 Å². The third-order valence-corrected chi connectivity index (χ3v) is 3.91. The molecule has 0 fully saturated rings. The van der Waals surface area contributed by atoms with E-state index >= 15 is 0 Å². The number of benzene rings is 1. The highest BCUT2D eigenvalue weighted by Crippen LogP contribution is 2.18. The zero-order valence-electron chi connectivity index (χ0n) is 13.1. The molecule has 1 aromatic carbocycles. The molecule has 6 N–H and O–H groups in total. The van der Waals surface area contributed by atoms with Crippen LogP contribution in [0.25, 0.3) is 10.9 Å². The molecule has 0 aliphatic rings. The van der Waals surface area contributed by atoms with Crippen molar-refractivity contribution in [2.45, 2.75) is 37.8 Å². The number of aldehydes is 1. The van der Waals surface area contributed by atoms with Gasteiger partial charge in [0.05, 0.1) is 12.1 Å². The van der Waals surface area contributed by atoms with Gasteiger partial charge in [-0.15, -0.1) is 0 Å². The Morgan fingerprint density at radius 3 is 2.83 bits per heavy atom. The first-order valence-electron chi connectivity index (χ1n) is 7.92. The summed E-state index contributed by atoms with van der Waals surface area (Å²) in [7, 11) is 0. The van der Waals surface area contributed by atoms with Gasteiger partial charge in [0, 0.05) is 17.1 Å². The quantitative estimate of drug-likeness (QED) is 0.405. The largest absolute Gasteiger partial charge is 0.361 e. The van der Waals surface area contributed by atoms with Crippen molar-refractivity contribution < 1.29 is 9.59 Å².